The van der Waals surface area contributed by atoms with Gasteiger partial charge in [-0.25, -0.2) is 4.98 Å². The summed E-state index contributed by atoms with van der Waals surface area (Å²) in [5.41, 5.74) is 3.08. The molecule has 134 valence electrons. The molecule has 3 aromatic rings. The number of fused-ring (bicyclic) bond motifs is 1. The van der Waals surface area contributed by atoms with E-state index in [1.54, 1.807) is 35.1 Å². The maximum Gasteiger partial charge on any atom is 0.270 e. The number of nitrogens with one attached hydrogen (secondary N) is 1. The van der Waals surface area contributed by atoms with Crippen molar-refractivity contribution in [3.05, 3.63) is 64.8 Å². The summed E-state index contributed by atoms with van der Waals surface area (Å²) in [6.07, 6.45) is 6.12. The molecule has 1 N–H and O–H groups in total. The first-order valence-electron chi connectivity index (χ1n) is 8.53. The minimum atomic E-state index is -0.160. The van der Waals surface area contributed by atoms with E-state index < -0.39 is 0 Å². The Hall–Kier alpha value is -2.44. The molecular weight excluding hydrogens is 352 g/mol. The Balaban J connectivity index is 1.54. The van der Waals surface area contributed by atoms with E-state index in [1.807, 2.05) is 19.1 Å². The second kappa shape index (κ2) is 7.05. The van der Waals surface area contributed by atoms with Crippen LogP contribution in [0.4, 0.5) is 0 Å². The van der Waals surface area contributed by atoms with Gasteiger partial charge in [-0.15, -0.1) is 0 Å². The van der Waals surface area contributed by atoms with Gasteiger partial charge in [0.25, 0.3) is 5.91 Å². The number of hydrogen-bond donors (Lipinski definition) is 1. The summed E-state index contributed by atoms with van der Waals surface area (Å²) in [7, 11) is 0. The first-order chi connectivity index (χ1) is 12.6. The number of amides is 1. The Labute approximate surface area is 156 Å². The molecular formula is C19H19ClN4O2. The molecule has 7 heteroatoms. The van der Waals surface area contributed by atoms with Crippen LogP contribution in [0, 0.1) is 12.8 Å². The predicted molar refractivity (Wildman–Crippen MR) is 98.4 cm³/mol. The normalized spacial score (nSPS) is 19.8. The summed E-state index contributed by atoms with van der Waals surface area (Å²) in [4.78, 5) is 21.4. The zero-order valence-corrected chi connectivity index (χ0v) is 15.1. The van der Waals surface area contributed by atoms with E-state index in [4.69, 9.17) is 16.3 Å². The molecule has 2 atom stereocenters. The van der Waals surface area contributed by atoms with Crippen molar-refractivity contribution in [1.29, 1.82) is 0 Å². The van der Waals surface area contributed by atoms with Crippen molar-refractivity contribution in [2.45, 2.75) is 19.4 Å². The molecule has 1 aliphatic heterocycles. The number of ether oxygens (including phenoxy) is 1. The molecule has 1 saturated heterocycles. The average molecular weight is 371 g/mol. The lowest BCUT2D eigenvalue weighted by atomic mass is 9.95. The van der Waals surface area contributed by atoms with Crippen LogP contribution in [0.2, 0.25) is 5.02 Å². The largest absolute Gasteiger partial charge is 0.379 e. The van der Waals surface area contributed by atoms with E-state index in [9.17, 15) is 4.79 Å². The van der Waals surface area contributed by atoms with Crippen LogP contribution >= 0.6 is 11.6 Å². The minimum Gasteiger partial charge on any atom is -0.379 e. The molecule has 3 aromatic heterocycles. The molecule has 1 aliphatic rings. The number of carbonyl (C=O) groups excluding carboxylic acids is 1. The first-order valence-corrected chi connectivity index (χ1v) is 8.91. The summed E-state index contributed by atoms with van der Waals surface area (Å²) in [6.45, 7) is 2.97. The Morgan fingerprint density at radius 3 is 2.92 bits per heavy atom. The molecule has 0 bridgehead atoms. The third-order valence-electron chi connectivity index (χ3n) is 4.73. The fourth-order valence-electron chi connectivity index (χ4n) is 3.43. The van der Waals surface area contributed by atoms with E-state index in [1.165, 1.54) is 5.56 Å². The van der Waals surface area contributed by atoms with Gasteiger partial charge in [0, 0.05) is 24.5 Å². The number of halogens is 1. The maximum atomic E-state index is 12.9. The predicted octanol–water partition coefficient (Wildman–Crippen LogP) is 2.68. The highest BCUT2D eigenvalue weighted by molar-refractivity contribution is 6.30. The van der Waals surface area contributed by atoms with Gasteiger partial charge in [0.15, 0.2) is 0 Å². The van der Waals surface area contributed by atoms with Crippen molar-refractivity contribution in [3.63, 3.8) is 0 Å². The van der Waals surface area contributed by atoms with Crippen molar-refractivity contribution >= 4 is 23.2 Å². The number of carbonyl (C=O) groups is 1. The molecule has 26 heavy (non-hydrogen) atoms. The van der Waals surface area contributed by atoms with Gasteiger partial charge in [-0.05, 0) is 43.2 Å². The van der Waals surface area contributed by atoms with Crippen molar-refractivity contribution in [1.82, 2.24) is 19.7 Å². The maximum absolute atomic E-state index is 12.9. The standard InChI is InChI=1S/C19H19ClN4O2/c1-12-18(24-9-15(20)2-3-17(24)22-12)19(25)23-16-11-26-10-14(16)8-13-4-6-21-7-5-13/h2-7,9,14,16H,8,10-11H2,1H3,(H,23,25)/t14-,16+/m1/s1. The molecule has 4 rings (SSSR count). The van der Waals surface area contributed by atoms with Gasteiger partial charge >= 0.3 is 0 Å². The van der Waals surface area contributed by atoms with Crippen LogP contribution in [-0.2, 0) is 11.2 Å². The lowest BCUT2D eigenvalue weighted by molar-refractivity contribution is 0.0918. The molecule has 1 fully saturated rings. The highest BCUT2D eigenvalue weighted by Gasteiger charge is 2.31. The SMILES string of the molecule is Cc1nc2ccc(Cl)cn2c1C(=O)N[C@H]1COC[C@H]1Cc1ccncc1. The molecule has 1 amide bonds. The monoisotopic (exact) mass is 370 g/mol. The number of aromatic nitrogens is 3. The molecule has 4 heterocycles. The molecule has 0 radical (unpaired) electrons. The van der Waals surface area contributed by atoms with Gasteiger partial charge in [0.1, 0.15) is 11.3 Å². The molecule has 0 unspecified atom stereocenters. The van der Waals surface area contributed by atoms with Gasteiger partial charge in [-0.2, -0.15) is 0 Å². The van der Waals surface area contributed by atoms with E-state index in [2.05, 4.69) is 15.3 Å². The van der Waals surface area contributed by atoms with Gasteiger partial charge in [0.2, 0.25) is 0 Å². The van der Waals surface area contributed by atoms with Crippen molar-refractivity contribution < 1.29 is 9.53 Å². The van der Waals surface area contributed by atoms with Crippen LogP contribution in [0.5, 0.6) is 0 Å². The number of hydrogen-bond acceptors (Lipinski definition) is 4. The minimum absolute atomic E-state index is 0.0419. The third kappa shape index (κ3) is 3.30. The van der Waals surface area contributed by atoms with Crippen LogP contribution in [0.1, 0.15) is 21.7 Å². The number of imidazole rings is 1. The molecule has 6 nitrogen and oxygen atoms in total. The number of pyridine rings is 2. The second-order valence-electron chi connectivity index (χ2n) is 6.56. The van der Waals surface area contributed by atoms with Crippen LogP contribution < -0.4 is 5.32 Å². The Morgan fingerprint density at radius 2 is 2.12 bits per heavy atom. The van der Waals surface area contributed by atoms with Crippen molar-refractivity contribution in [3.8, 4) is 0 Å². The number of nitrogens with zero attached hydrogens (tertiary/aromatic N) is 3. The van der Waals surface area contributed by atoms with Gasteiger partial charge in [0.05, 0.1) is 30.0 Å². The summed E-state index contributed by atoms with van der Waals surface area (Å²) in [5, 5.41) is 3.68. The van der Waals surface area contributed by atoms with Crippen LogP contribution in [0.25, 0.3) is 5.65 Å². The zero-order chi connectivity index (χ0) is 18.1. The lowest BCUT2D eigenvalue weighted by Gasteiger charge is -2.19. The van der Waals surface area contributed by atoms with Crippen molar-refractivity contribution in [2.24, 2.45) is 5.92 Å². The van der Waals surface area contributed by atoms with Gasteiger partial charge in [-0.1, -0.05) is 11.6 Å². The second-order valence-corrected chi connectivity index (χ2v) is 6.99. The zero-order valence-electron chi connectivity index (χ0n) is 14.4. The Kier molecular flexibility index (Phi) is 4.61. The smallest absolute Gasteiger partial charge is 0.270 e. The van der Waals surface area contributed by atoms with E-state index in [0.717, 1.165) is 6.42 Å². The van der Waals surface area contributed by atoms with Crippen LogP contribution in [0.3, 0.4) is 0 Å². The molecule has 0 saturated carbocycles. The third-order valence-corrected chi connectivity index (χ3v) is 4.96. The highest BCUT2D eigenvalue weighted by Crippen LogP contribution is 2.21. The molecule has 0 aliphatic carbocycles. The first kappa shape index (κ1) is 17.0. The van der Waals surface area contributed by atoms with Gasteiger partial charge < -0.3 is 10.1 Å². The lowest BCUT2D eigenvalue weighted by Crippen LogP contribution is -2.41. The Morgan fingerprint density at radius 1 is 1.31 bits per heavy atom. The van der Waals surface area contributed by atoms with Crippen molar-refractivity contribution in [2.75, 3.05) is 13.2 Å². The quantitative estimate of drug-likeness (QED) is 0.766. The highest BCUT2D eigenvalue weighted by atomic mass is 35.5. The Bertz CT molecular complexity index is 941. The number of rotatable bonds is 4. The fraction of sp³-hybridized carbons (Fsp3) is 0.316. The van der Waals surface area contributed by atoms with E-state index in [0.29, 0.717) is 35.3 Å². The topological polar surface area (TPSA) is 68.5 Å². The molecule has 0 aromatic carbocycles. The number of aryl methyl sites for hydroxylation is 1. The van der Waals surface area contributed by atoms with E-state index in [-0.39, 0.29) is 17.9 Å². The van der Waals surface area contributed by atoms with Gasteiger partial charge in [-0.3, -0.25) is 14.2 Å². The summed E-state index contributed by atoms with van der Waals surface area (Å²) >= 11 is 6.08. The summed E-state index contributed by atoms with van der Waals surface area (Å²) in [6, 6.07) is 7.51. The fourth-order valence-corrected chi connectivity index (χ4v) is 3.59. The molecule has 0 spiro atoms. The average Bonchev–Trinajstić information content (AvgIpc) is 3.18. The van der Waals surface area contributed by atoms with E-state index >= 15 is 0 Å². The summed E-state index contributed by atoms with van der Waals surface area (Å²) in [5.74, 6) is 0.0666. The summed E-state index contributed by atoms with van der Waals surface area (Å²) < 4.78 is 7.36. The van der Waals surface area contributed by atoms with Crippen LogP contribution in [-0.4, -0.2) is 39.5 Å². The van der Waals surface area contributed by atoms with Crippen LogP contribution in [0.15, 0.2) is 42.9 Å².